The summed E-state index contributed by atoms with van der Waals surface area (Å²) in [5, 5.41) is 15.0. The standard InChI is InChI=1S/C17H21ClN2O/c1-12-6-2-3-9-14(12)10-20-17(18)15(11-21)16(19-20)13-7-4-5-8-13/h2-3,6,9,13,21H,4-5,7-8,10-11H2,1H3. The van der Waals surface area contributed by atoms with Gasteiger partial charge in [-0.2, -0.15) is 5.10 Å². The predicted octanol–water partition coefficient (Wildman–Crippen LogP) is 4.04. The molecule has 1 fully saturated rings. The van der Waals surface area contributed by atoms with Crippen LogP contribution in [0.5, 0.6) is 0 Å². The van der Waals surface area contributed by atoms with Gasteiger partial charge in [-0.05, 0) is 30.9 Å². The molecule has 1 aromatic heterocycles. The summed E-state index contributed by atoms with van der Waals surface area (Å²) in [6, 6.07) is 8.26. The molecule has 3 nitrogen and oxygen atoms in total. The number of aliphatic hydroxyl groups excluding tert-OH is 1. The number of aromatic nitrogens is 2. The van der Waals surface area contributed by atoms with Crippen molar-refractivity contribution in [3.8, 4) is 0 Å². The third kappa shape index (κ3) is 2.85. The predicted molar refractivity (Wildman–Crippen MR) is 84.6 cm³/mol. The van der Waals surface area contributed by atoms with E-state index in [-0.39, 0.29) is 6.61 Å². The van der Waals surface area contributed by atoms with Crippen molar-refractivity contribution in [3.63, 3.8) is 0 Å². The molecule has 1 aromatic carbocycles. The van der Waals surface area contributed by atoms with E-state index in [9.17, 15) is 5.11 Å². The van der Waals surface area contributed by atoms with Crippen LogP contribution in [0.1, 0.15) is 54.0 Å². The quantitative estimate of drug-likeness (QED) is 0.925. The van der Waals surface area contributed by atoms with Gasteiger partial charge in [-0.3, -0.25) is 0 Å². The number of halogens is 1. The van der Waals surface area contributed by atoms with E-state index < -0.39 is 0 Å². The molecule has 1 aliphatic carbocycles. The highest BCUT2D eigenvalue weighted by atomic mass is 35.5. The third-order valence-electron chi connectivity index (χ3n) is 4.49. The first-order valence-electron chi connectivity index (χ1n) is 7.61. The zero-order chi connectivity index (χ0) is 14.8. The van der Waals surface area contributed by atoms with Gasteiger partial charge >= 0.3 is 0 Å². The van der Waals surface area contributed by atoms with E-state index >= 15 is 0 Å². The average molecular weight is 305 g/mol. The van der Waals surface area contributed by atoms with Crippen LogP contribution in [0.3, 0.4) is 0 Å². The molecular formula is C17H21ClN2O. The van der Waals surface area contributed by atoms with Gasteiger partial charge in [0, 0.05) is 11.5 Å². The Morgan fingerprint density at radius 1 is 1.29 bits per heavy atom. The fourth-order valence-corrected chi connectivity index (χ4v) is 3.48. The Labute approximate surface area is 130 Å². The Morgan fingerprint density at radius 2 is 2.00 bits per heavy atom. The SMILES string of the molecule is Cc1ccccc1Cn1nc(C2CCCC2)c(CO)c1Cl. The second-order valence-electron chi connectivity index (χ2n) is 5.88. The summed E-state index contributed by atoms with van der Waals surface area (Å²) in [5.74, 6) is 0.461. The summed E-state index contributed by atoms with van der Waals surface area (Å²) in [4.78, 5) is 0. The first-order valence-corrected chi connectivity index (χ1v) is 7.99. The van der Waals surface area contributed by atoms with Crippen LogP contribution in [-0.4, -0.2) is 14.9 Å². The number of nitrogens with zero attached hydrogens (tertiary/aromatic N) is 2. The maximum Gasteiger partial charge on any atom is 0.133 e. The minimum Gasteiger partial charge on any atom is -0.391 e. The van der Waals surface area contributed by atoms with E-state index in [4.69, 9.17) is 16.7 Å². The summed E-state index contributed by atoms with van der Waals surface area (Å²) in [5.41, 5.74) is 4.27. The molecule has 0 spiro atoms. The lowest BCUT2D eigenvalue weighted by molar-refractivity contribution is 0.280. The lowest BCUT2D eigenvalue weighted by Gasteiger charge is -2.07. The van der Waals surface area contributed by atoms with E-state index in [0.717, 1.165) is 24.1 Å². The Hall–Kier alpha value is -1.32. The van der Waals surface area contributed by atoms with Crippen molar-refractivity contribution in [2.45, 2.75) is 51.7 Å². The van der Waals surface area contributed by atoms with Crippen LogP contribution >= 0.6 is 11.6 Å². The summed E-state index contributed by atoms with van der Waals surface area (Å²) in [6.45, 7) is 2.72. The number of aliphatic hydroxyl groups is 1. The Balaban J connectivity index is 1.94. The normalized spacial score (nSPS) is 15.8. The fourth-order valence-electron chi connectivity index (χ4n) is 3.22. The lowest BCUT2D eigenvalue weighted by Crippen LogP contribution is -2.04. The maximum absolute atomic E-state index is 9.66. The van der Waals surface area contributed by atoms with Gasteiger partial charge in [0.1, 0.15) is 5.15 Å². The minimum atomic E-state index is -0.0293. The number of aryl methyl sites for hydroxylation is 1. The van der Waals surface area contributed by atoms with E-state index in [1.54, 1.807) is 0 Å². The molecule has 1 aliphatic rings. The number of hydrogen-bond donors (Lipinski definition) is 1. The topological polar surface area (TPSA) is 38.0 Å². The van der Waals surface area contributed by atoms with Crippen molar-refractivity contribution in [1.29, 1.82) is 0 Å². The highest BCUT2D eigenvalue weighted by molar-refractivity contribution is 6.30. The molecule has 0 amide bonds. The average Bonchev–Trinajstić information content (AvgIpc) is 3.10. The molecule has 1 N–H and O–H groups in total. The van der Waals surface area contributed by atoms with Gasteiger partial charge in [-0.1, -0.05) is 48.7 Å². The fraction of sp³-hybridized carbons (Fsp3) is 0.471. The van der Waals surface area contributed by atoms with E-state index in [0.29, 0.717) is 17.6 Å². The molecule has 4 heteroatoms. The molecule has 0 bridgehead atoms. The second kappa shape index (κ2) is 6.20. The molecule has 21 heavy (non-hydrogen) atoms. The van der Waals surface area contributed by atoms with Gasteiger partial charge < -0.3 is 5.11 Å². The molecule has 0 aliphatic heterocycles. The Bertz CT molecular complexity index is 630. The molecule has 1 saturated carbocycles. The van der Waals surface area contributed by atoms with E-state index in [2.05, 4.69) is 19.1 Å². The minimum absolute atomic E-state index is 0.0293. The summed E-state index contributed by atoms with van der Waals surface area (Å²) in [6.07, 6.45) is 4.81. The summed E-state index contributed by atoms with van der Waals surface area (Å²) in [7, 11) is 0. The van der Waals surface area contributed by atoms with E-state index in [1.807, 2.05) is 16.8 Å². The van der Waals surface area contributed by atoms with Gasteiger partial charge in [0.2, 0.25) is 0 Å². The molecule has 0 saturated heterocycles. The summed E-state index contributed by atoms with van der Waals surface area (Å²) >= 11 is 6.45. The molecule has 0 unspecified atom stereocenters. The van der Waals surface area contributed by atoms with Crippen LogP contribution < -0.4 is 0 Å². The van der Waals surface area contributed by atoms with Crippen LogP contribution in [-0.2, 0) is 13.2 Å². The number of rotatable bonds is 4. The first kappa shape index (κ1) is 14.6. The van der Waals surface area contributed by atoms with Crippen molar-refractivity contribution >= 4 is 11.6 Å². The van der Waals surface area contributed by atoms with Crippen molar-refractivity contribution < 1.29 is 5.11 Å². The lowest BCUT2D eigenvalue weighted by atomic mass is 10.0. The Morgan fingerprint density at radius 3 is 2.67 bits per heavy atom. The molecule has 0 atom stereocenters. The van der Waals surface area contributed by atoms with Crippen LogP contribution in [0.2, 0.25) is 5.15 Å². The zero-order valence-corrected chi connectivity index (χ0v) is 13.1. The van der Waals surface area contributed by atoms with Gasteiger partial charge in [0.15, 0.2) is 0 Å². The first-order chi connectivity index (χ1) is 10.2. The van der Waals surface area contributed by atoms with E-state index in [1.165, 1.54) is 24.0 Å². The van der Waals surface area contributed by atoms with Crippen LogP contribution in [0.25, 0.3) is 0 Å². The van der Waals surface area contributed by atoms with Gasteiger partial charge in [0.05, 0.1) is 18.8 Å². The van der Waals surface area contributed by atoms with Crippen molar-refractivity contribution in [2.75, 3.05) is 0 Å². The monoisotopic (exact) mass is 304 g/mol. The second-order valence-corrected chi connectivity index (χ2v) is 6.24. The molecule has 0 radical (unpaired) electrons. The highest BCUT2D eigenvalue weighted by Crippen LogP contribution is 2.37. The zero-order valence-electron chi connectivity index (χ0n) is 12.3. The largest absolute Gasteiger partial charge is 0.391 e. The smallest absolute Gasteiger partial charge is 0.133 e. The summed E-state index contributed by atoms with van der Waals surface area (Å²) < 4.78 is 1.84. The van der Waals surface area contributed by atoms with Crippen molar-refractivity contribution in [3.05, 3.63) is 51.8 Å². The Kier molecular flexibility index (Phi) is 4.32. The molecule has 112 valence electrons. The van der Waals surface area contributed by atoms with Gasteiger partial charge in [0.25, 0.3) is 0 Å². The molecular weight excluding hydrogens is 284 g/mol. The maximum atomic E-state index is 9.66. The van der Waals surface area contributed by atoms with Gasteiger partial charge in [-0.15, -0.1) is 0 Å². The van der Waals surface area contributed by atoms with Crippen LogP contribution in [0.4, 0.5) is 0 Å². The van der Waals surface area contributed by atoms with Crippen LogP contribution in [0.15, 0.2) is 24.3 Å². The number of hydrogen-bond acceptors (Lipinski definition) is 2. The number of benzene rings is 1. The van der Waals surface area contributed by atoms with Crippen molar-refractivity contribution in [2.24, 2.45) is 0 Å². The molecule has 2 aromatic rings. The molecule has 1 heterocycles. The van der Waals surface area contributed by atoms with Gasteiger partial charge in [-0.25, -0.2) is 4.68 Å². The van der Waals surface area contributed by atoms with Crippen molar-refractivity contribution in [1.82, 2.24) is 9.78 Å². The molecule has 3 rings (SSSR count). The highest BCUT2D eigenvalue weighted by Gasteiger charge is 2.25. The third-order valence-corrected chi connectivity index (χ3v) is 4.92. The van der Waals surface area contributed by atoms with Crippen LogP contribution in [0, 0.1) is 6.92 Å².